The monoisotopic (exact) mass is 385 g/mol. The molecular weight excluding hydrogens is 361 g/mol. The van der Waals surface area contributed by atoms with Crippen LogP contribution >= 0.6 is 11.6 Å². The number of nitrogens with zero attached hydrogens (tertiary/aromatic N) is 3. The molecule has 4 rings (SSSR count). The van der Waals surface area contributed by atoms with E-state index >= 15 is 0 Å². The van der Waals surface area contributed by atoms with E-state index in [2.05, 4.69) is 66.0 Å². The van der Waals surface area contributed by atoms with Crippen LogP contribution in [-0.2, 0) is 13.6 Å². The van der Waals surface area contributed by atoms with Gasteiger partial charge in [0, 0.05) is 66.3 Å². The summed E-state index contributed by atoms with van der Waals surface area (Å²) in [5, 5.41) is 1.81. The van der Waals surface area contributed by atoms with Gasteiger partial charge >= 0.3 is 0 Å². The van der Waals surface area contributed by atoms with Crippen molar-refractivity contribution in [2.45, 2.75) is 18.5 Å². The molecule has 2 aromatic carbocycles. The zero-order valence-electron chi connectivity index (χ0n) is 16.0. The van der Waals surface area contributed by atoms with Crippen molar-refractivity contribution in [3.05, 3.63) is 70.6 Å². The van der Waals surface area contributed by atoms with Crippen molar-refractivity contribution in [3.63, 3.8) is 0 Å². The van der Waals surface area contributed by atoms with Gasteiger partial charge in [0.25, 0.3) is 0 Å². The smallest absolute Gasteiger partial charge is 0.129 e. The highest BCUT2D eigenvalue weighted by molar-refractivity contribution is 6.31. The lowest BCUT2D eigenvalue weighted by molar-refractivity contribution is 0.258. The second-order valence-corrected chi connectivity index (χ2v) is 8.15. The largest absolute Gasteiger partial charge is 0.350 e. The van der Waals surface area contributed by atoms with Gasteiger partial charge in [-0.2, -0.15) is 0 Å². The zero-order valence-corrected chi connectivity index (χ0v) is 16.7. The van der Waals surface area contributed by atoms with Crippen LogP contribution in [0.1, 0.15) is 17.0 Å². The van der Waals surface area contributed by atoms with Gasteiger partial charge < -0.3 is 9.47 Å². The number of rotatable bonds is 4. The molecule has 3 nitrogen and oxygen atoms in total. The molecule has 2 atom stereocenters. The van der Waals surface area contributed by atoms with Crippen molar-refractivity contribution < 1.29 is 4.39 Å². The molecule has 0 aliphatic carbocycles. The normalized spacial score (nSPS) is 20.8. The molecule has 5 heteroatoms. The van der Waals surface area contributed by atoms with Crippen molar-refractivity contribution in [2.24, 2.45) is 7.05 Å². The fourth-order valence-electron chi connectivity index (χ4n) is 4.40. The lowest BCUT2D eigenvalue weighted by Gasteiger charge is -2.25. The molecule has 3 aromatic rings. The first kappa shape index (κ1) is 18.5. The van der Waals surface area contributed by atoms with Gasteiger partial charge in [-0.3, -0.25) is 4.90 Å². The lowest BCUT2D eigenvalue weighted by Crippen LogP contribution is -2.34. The molecule has 1 aliphatic rings. The van der Waals surface area contributed by atoms with Crippen molar-refractivity contribution in [2.75, 3.05) is 27.2 Å². The van der Waals surface area contributed by atoms with Crippen LogP contribution in [0.2, 0.25) is 5.02 Å². The summed E-state index contributed by atoms with van der Waals surface area (Å²) in [6.45, 7) is 2.32. The van der Waals surface area contributed by atoms with Crippen molar-refractivity contribution in [1.29, 1.82) is 0 Å². The molecule has 0 spiro atoms. The van der Waals surface area contributed by atoms with Gasteiger partial charge in [0.1, 0.15) is 5.82 Å². The molecular formula is C22H25ClFN3. The fraction of sp³-hybridized carbons (Fsp3) is 0.364. The highest BCUT2D eigenvalue weighted by Crippen LogP contribution is 2.36. The van der Waals surface area contributed by atoms with Crippen LogP contribution in [0.4, 0.5) is 4.39 Å². The predicted octanol–water partition coefficient (Wildman–Crippen LogP) is 4.50. The number of likely N-dealkylation sites (tertiary alicyclic amines) is 1. The maximum Gasteiger partial charge on any atom is 0.129 e. The van der Waals surface area contributed by atoms with Crippen molar-refractivity contribution in [1.82, 2.24) is 14.4 Å². The van der Waals surface area contributed by atoms with Crippen molar-refractivity contribution >= 4 is 22.5 Å². The SMILES string of the molecule is CN(C)[C@H]1CN(Cc2c(F)cccc2Cl)C[C@@H]1c1cn(C)c2ccccc12. The minimum absolute atomic E-state index is 0.225. The predicted molar refractivity (Wildman–Crippen MR) is 110 cm³/mol. The van der Waals surface area contributed by atoms with Crippen LogP contribution in [0, 0.1) is 5.82 Å². The standard InChI is InChI=1S/C22H25ClFN3/c1-25(2)22-14-27(13-18-19(23)8-6-9-20(18)24)12-17(22)16-11-26(3)21-10-5-4-7-15(16)21/h4-11,17,22H,12-14H2,1-3H3/t17-,22+/m1/s1. The molecule has 1 saturated heterocycles. The van der Waals surface area contributed by atoms with E-state index in [1.165, 1.54) is 22.5 Å². The Bertz CT molecular complexity index is 945. The molecule has 1 aromatic heterocycles. The summed E-state index contributed by atoms with van der Waals surface area (Å²) >= 11 is 6.26. The summed E-state index contributed by atoms with van der Waals surface area (Å²) in [7, 11) is 6.35. The number of fused-ring (bicyclic) bond motifs is 1. The third kappa shape index (κ3) is 3.38. The van der Waals surface area contributed by atoms with Gasteiger partial charge in [-0.25, -0.2) is 4.39 Å². The Balaban J connectivity index is 1.66. The summed E-state index contributed by atoms with van der Waals surface area (Å²) < 4.78 is 16.5. The Morgan fingerprint density at radius 2 is 1.89 bits per heavy atom. The molecule has 0 unspecified atom stereocenters. The second-order valence-electron chi connectivity index (χ2n) is 7.74. The Morgan fingerprint density at radius 1 is 1.11 bits per heavy atom. The molecule has 0 bridgehead atoms. The van der Waals surface area contributed by atoms with Gasteiger partial charge in [-0.15, -0.1) is 0 Å². The van der Waals surface area contributed by atoms with E-state index in [-0.39, 0.29) is 5.82 Å². The number of hydrogen-bond donors (Lipinski definition) is 0. The first-order chi connectivity index (χ1) is 13.0. The van der Waals surface area contributed by atoms with Crippen molar-refractivity contribution in [3.8, 4) is 0 Å². The number of likely N-dealkylation sites (N-methyl/N-ethyl adjacent to an activating group) is 1. The average molecular weight is 386 g/mol. The zero-order chi connectivity index (χ0) is 19.1. The van der Waals surface area contributed by atoms with Crippen LogP contribution in [0.3, 0.4) is 0 Å². The van der Waals surface area contributed by atoms with E-state index in [4.69, 9.17) is 11.6 Å². The van der Waals surface area contributed by atoms with E-state index in [9.17, 15) is 4.39 Å². The second kappa shape index (κ2) is 7.27. The number of aryl methyl sites for hydroxylation is 1. The topological polar surface area (TPSA) is 11.4 Å². The minimum Gasteiger partial charge on any atom is -0.350 e. The van der Waals surface area contributed by atoms with Gasteiger partial charge in [-0.1, -0.05) is 35.9 Å². The molecule has 0 amide bonds. The van der Waals surface area contributed by atoms with Gasteiger partial charge in [0.05, 0.1) is 0 Å². The highest BCUT2D eigenvalue weighted by Gasteiger charge is 2.37. The van der Waals surface area contributed by atoms with Crippen LogP contribution in [0.15, 0.2) is 48.7 Å². The molecule has 0 saturated carbocycles. The van der Waals surface area contributed by atoms with E-state index < -0.39 is 0 Å². The molecule has 2 heterocycles. The fourth-order valence-corrected chi connectivity index (χ4v) is 4.62. The minimum atomic E-state index is -0.225. The maximum atomic E-state index is 14.3. The van der Waals surface area contributed by atoms with E-state index in [0.717, 1.165) is 13.1 Å². The van der Waals surface area contributed by atoms with Gasteiger partial charge in [-0.05, 0) is 37.9 Å². The molecule has 142 valence electrons. The Morgan fingerprint density at radius 3 is 2.63 bits per heavy atom. The van der Waals surface area contributed by atoms with Crippen LogP contribution < -0.4 is 0 Å². The first-order valence-corrected chi connectivity index (χ1v) is 9.69. The van der Waals surface area contributed by atoms with Crippen LogP contribution in [0.5, 0.6) is 0 Å². The van der Waals surface area contributed by atoms with Crippen LogP contribution in [0.25, 0.3) is 10.9 Å². The average Bonchev–Trinajstić information content (AvgIpc) is 3.20. The third-order valence-electron chi connectivity index (χ3n) is 5.80. The molecule has 1 aliphatic heterocycles. The summed E-state index contributed by atoms with van der Waals surface area (Å²) in [5.74, 6) is 0.147. The third-order valence-corrected chi connectivity index (χ3v) is 6.15. The lowest BCUT2D eigenvalue weighted by atomic mass is 9.93. The number of hydrogen-bond acceptors (Lipinski definition) is 2. The summed E-state index contributed by atoms with van der Waals surface area (Å²) in [6, 6.07) is 13.8. The van der Waals surface area contributed by atoms with E-state index in [0.29, 0.717) is 29.1 Å². The number of benzene rings is 2. The summed E-state index contributed by atoms with van der Waals surface area (Å²) in [6.07, 6.45) is 2.26. The first-order valence-electron chi connectivity index (χ1n) is 9.31. The summed E-state index contributed by atoms with van der Waals surface area (Å²) in [4.78, 5) is 4.61. The maximum absolute atomic E-state index is 14.3. The molecule has 0 radical (unpaired) electrons. The Kier molecular flexibility index (Phi) is 4.97. The number of aromatic nitrogens is 1. The highest BCUT2D eigenvalue weighted by atomic mass is 35.5. The molecule has 0 N–H and O–H groups in total. The quantitative estimate of drug-likeness (QED) is 0.655. The summed E-state index contributed by atoms with van der Waals surface area (Å²) in [5.41, 5.74) is 3.21. The van der Waals surface area contributed by atoms with E-state index in [1.54, 1.807) is 12.1 Å². The Hall–Kier alpha value is -1.88. The van der Waals surface area contributed by atoms with Gasteiger partial charge in [0.15, 0.2) is 0 Å². The molecule has 1 fully saturated rings. The van der Waals surface area contributed by atoms with Crippen LogP contribution in [-0.4, -0.2) is 47.6 Å². The number of para-hydroxylation sites is 1. The molecule has 27 heavy (non-hydrogen) atoms. The van der Waals surface area contributed by atoms with Gasteiger partial charge in [0.2, 0.25) is 0 Å². The van der Waals surface area contributed by atoms with E-state index in [1.807, 2.05) is 0 Å². The Labute approximate surface area is 164 Å². The number of halogens is 2.